The molecule has 0 aromatic heterocycles. The van der Waals surface area contributed by atoms with Crippen LogP contribution in [0.4, 0.5) is 5.69 Å². The van der Waals surface area contributed by atoms with E-state index >= 15 is 0 Å². The largest absolute Gasteiger partial charge is 0.477 e. The molecular weight excluding hydrogens is 513 g/mol. The fourth-order valence-corrected chi connectivity index (χ4v) is 5.38. The van der Waals surface area contributed by atoms with Crippen molar-refractivity contribution < 1.29 is 9.90 Å². The lowest BCUT2D eigenvalue weighted by molar-refractivity contribution is -0.133. The summed E-state index contributed by atoms with van der Waals surface area (Å²) in [5.74, 6) is -1.01. The Kier molecular flexibility index (Phi) is 7.38. The normalized spacial score (nSPS) is 19.3. The predicted octanol–water partition coefficient (Wildman–Crippen LogP) is 6.83. The fraction of sp³-hybridized carbons (Fsp3) is 0.375. The van der Waals surface area contributed by atoms with E-state index in [2.05, 4.69) is 45.3 Å². The monoisotopic (exact) mass is 539 g/mol. The first-order valence-electron chi connectivity index (χ1n) is 10.5. The molecule has 0 spiro atoms. The Morgan fingerprint density at radius 2 is 1.78 bits per heavy atom. The molecule has 8 heteroatoms. The molecule has 0 radical (unpaired) electrons. The van der Waals surface area contributed by atoms with Gasteiger partial charge >= 0.3 is 5.97 Å². The number of benzene rings is 2. The van der Waals surface area contributed by atoms with Crippen molar-refractivity contribution in [1.82, 2.24) is 10.2 Å². The Hall–Kier alpha value is -1.89. The molecule has 0 amide bonds. The van der Waals surface area contributed by atoms with E-state index in [-0.39, 0.29) is 11.7 Å². The number of nitrogens with one attached hydrogen (secondary N) is 2. The molecule has 2 unspecified atom stereocenters. The number of aliphatic carboxylic acids is 1. The zero-order valence-electron chi connectivity index (χ0n) is 18.8. The quantitative estimate of drug-likeness (QED) is 0.265. The molecule has 5 nitrogen and oxygen atoms in total. The Balaban J connectivity index is 2.28. The van der Waals surface area contributed by atoms with Gasteiger partial charge in [-0.1, -0.05) is 42.3 Å². The summed E-state index contributed by atoms with van der Waals surface area (Å²) >= 11 is 16.3. The van der Waals surface area contributed by atoms with E-state index in [1.807, 2.05) is 57.2 Å². The molecule has 0 saturated heterocycles. The molecule has 2 aromatic rings. The topological polar surface area (TPSA) is 64.6 Å². The third-order valence-electron chi connectivity index (χ3n) is 5.73. The third-order valence-corrected chi connectivity index (χ3v) is 7.34. The molecule has 1 aliphatic rings. The Bertz CT molecular complexity index is 1070. The number of halogens is 3. The van der Waals surface area contributed by atoms with Crippen molar-refractivity contribution in [3.05, 3.63) is 74.5 Å². The van der Waals surface area contributed by atoms with Gasteiger partial charge in [-0.15, -0.1) is 0 Å². The van der Waals surface area contributed by atoms with E-state index < -0.39 is 16.6 Å². The van der Waals surface area contributed by atoms with Crippen LogP contribution in [0.3, 0.4) is 0 Å². The van der Waals surface area contributed by atoms with Gasteiger partial charge in [-0.05, 0) is 91.0 Å². The SMILES string of the molecule is CCC1(Br)NC(C(=O)O)=C(C(Nc2cc(Cl)ccc2C)c2ccc(Cl)cc2C)N1C(C)C. The number of hydrogen-bond donors (Lipinski definition) is 3. The maximum Gasteiger partial charge on any atom is 0.353 e. The molecule has 172 valence electrons. The highest BCUT2D eigenvalue weighted by molar-refractivity contribution is 9.10. The van der Waals surface area contributed by atoms with Gasteiger partial charge < -0.3 is 20.6 Å². The number of anilines is 1. The summed E-state index contributed by atoms with van der Waals surface area (Å²) in [7, 11) is 0. The molecule has 1 heterocycles. The van der Waals surface area contributed by atoms with E-state index in [1.165, 1.54) is 0 Å². The summed E-state index contributed by atoms with van der Waals surface area (Å²) in [6.45, 7) is 10.1. The van der Waals surface area contributed by atoms with Gasteiger partial charge in [0.2, 0.25) is 0 Å². The van der Waals surface area contributed by atoms with Crippen molar-refractivity contribution in [3.63, 3.8) is 0 Å². The van der Waals surface area contributed by atoms with E-state index in [4.69, 9.17) is 23.2 Å². The second kappa shape index (κ2) is 9.54. The van der Waals surface area contributed by atoms with Crippen LogP contribution in [0.2, 0.25) is 10.0 Å². The molecule has 1 aliphatic heterocycles. The summed E-state index contributed by atoms with van der Waals surface area (Å²) in [5.41, 5.74) is 4.54. The van der Waals surface area contributed by atoms with Crippen molar-refractivity contribution in [3.8, 4) is 0 Å². The smallest absolute Gasteiger partial charge is 0.353 e. The number of carboxylic acid groups (broad SMARTS) is 1. The second-order valence-corrected chi connectivity index (χ2v) is 10.5. The molecule has 3 N–H and O–H groups in total. The summed E-state index contributed by atoms with van der Waals surface area (Å²) in [6, 6.07) is 10.9. The van der Waals surface area contributed by atoms with Gasteiger partial charge in [0.1, 0.15) is 5.70 Å². The molecule has 2 aromatic carbocycles. The lowest BCUT2D eigenvalue weighted by Gasteiger charge is -2.41. The molecule has 0 saturated carbocycles. The van der Waals surface area contributed by atoms with Crippen molar-refractivity contribution in [2.24, 2.45) is 0 Å². The summed E-state index contributed by atoms with van der Waals surface area (Å²) in [4.78, 5) is 14.5. The summed E-state index contributed by atoms with van der Waals surface area (Å²) < 4.78 is -0.714. The van der Waals surface area contributed by atoms with E-state index in [0.717, 1.165) is 22.4 Å². The van der Waals surface area contributed by atoms with Crippen LogP contribution in [-0.4, -0.2) is 26.6 Å². The lowest BCUT2D eigenvalue weighted by atomic mass is 9.95. The van der Waals surface area contributed by atoms with Gasteiger partial charge in [-0.3, -0.25) is 0 Å². The van der Waals surface area contributed by atoms with Crippen LogP contribution in [-0.2, 0) is 4.79 Å². The minimum Gasteiger partial charge on any atom is -0.477 e. The van der Waals surface area contributed by atoms with Crippen molar-refractivity contribution in [1.29, 1.82) is 0 Å². The van der Waals surface area contributed by atoms with Crippen LogP contribution in [0, 0.1) is 13.8 Å². The highest BCUT2D eigenvalue weighted by atomic mass is 79.9. The number of hydrogen-bond acceptors (Lipinski definition) is 4. The number of aryl methyl sites for hydroxylation is 2. The number of alkyl halides is 1. The van der Waals surface area contributed by atoms with E-state index in [0.29, 0.717) is 22.2 Å². The maximum absolute atomic E-state index is 12.4. The number of rotatable bonds is 7. The molecule has 0 fully saturated rings. The van der Waals surface area contributed by atoms with Gasteiger partial charge in [0.25, 0.3) is 0 Å². The van der Waals surface area contributed by atoms with Gasteiger partial charge in [-0.2, -0.15) is 0 Å². The predicted molar refractivity (Wildman–Crippen MR) is 135 cm³/mol. The molecule has 3 rings (SSSR count). The van der Waals surface area contributed by atoms with Crippen LogP contribution in [0.25, 0.3) is 0 Å². The number of carbonyl (C=O) groups is 1. The Morgan fingerprint density at radius 3 is 2.34 bits per heavy atom. The van der Waals surface area contributed by atoms with Gasteiger partial charge in [0.05, 0.1) is 11.7 Å². The van der Waals surface area contributed by atoms with Crippen LogP contribution in [0.5, 0.6) is 0 Å². The molecule has 0 bridgehead atoms. The first-order valence-corrected chi connectivity index (χ1v) is 12.1. The maximum atomic E-state index is 12.4. The number of carboxylic acids is 1. The Labute approximate surface area is 207 Å². The highest BCUT2D eigenvalue weighted by Gasteiger charge is 2.48. The van der Waals surface area contributed by atoms with Crippen LogP contribution >= 0.6 is 39.1 Å². The zero-order chi connectivity index (χ0) is 23.8. The van der Waals surface area contributed by atoms with Crippen molar-refractivity contribution in [2.45, 2.75) is 57.7 Å². The first-order chi connectivity index (χ1) is 15.0. The molecule has 32 heavy (non-hydrogen) atoms. The van der Waals surface area contributed by atoms with Crippen LogP contribution in [0.15, 0.2) is 47.8 Å². The minimum atomic E-state index is -1.01. The second-order valence-electron chi connectivity index (χ2n) is 8.30. The fourth-order valence-electron chi connectivity index (χ4n) is 4.18. The van der Waals surface area contributed by atoms with E-state index in [9.17, 15) is 9.90 Å². The molecule has 2 atom stereocenters. The van der Waals surface area contributed by atoms with Gasteiger partial charge in [-0.25, -0.2) is 4.79 Å². The Morgan fingerprint density at radius 1 is 1.16 bits per heavy atom. The van der Waals surface area contributed by atoms with Gasteiger partial charge in [0, 0.05) is 21.8 Å². The summed E-state index contributed by atoms with van der Waals surface area (Å²) in [5, 5.41) is 18.2. The standard InChI is InChI=1S/C24H28BrCl2N3O2/c1-6-24(25)29-21(23(31)32)22(30(24)13(2)3)20(18-10-9-16(26)11-15(18)5)28-19-12-17(27)8-7-14(19)4/h7-13,20,28-29H,6H2,1-5H3,(H,31,32). The minimum absolute atomic E-state index is 0.0195. The van der Waals surface area contributed by atoms with Crippen molar-refractivity contribution in [2.75, 3.05) is 5.32 Å². The summed E-state index contributed by atoms with van der Waals surface area (Å²) in [6.07, 6.45) is 0.647. The lowest BCUT2D eigenvalue weighted by Crippen LogP contribution is -2.50. The average Bonchev–Trinajstić information content (AvgIpc) is 3.03. The third kappa shape index (κ3) is 4.73. The average molecular weight is 541 g/mol. The molecule has 0 aliphatic carbocycles. The van der Waals surface area contributed by atoms with Crippen LogP contribution in [0.1, 0.15) is 49.9 Å². The highest BCUT2D eigenvalue weighted by Crippen LogP contribution is 2.45. The van der Waals surface area contributed by atoms with Crippen LogP contribution < -0.4 is 10.6 Å². The molecular formula is C24H28BrCl2N3O2. The first kappa shape index (κ1) is 24.7. The zero-order valence-corrected chi connectivity index (χ0v) is 21.9. The van der Waals surface area contributed by atoms with E-state index in [1.54, 1.807) is 0 Å². The van der Waals surface area contributed by atoms with Gasteiger partial charge in [0.15, 0.2) is 4.57 Å². The van der Waals surface area contributed by atoms with Crippen molar-refractivity contribution >= 4 is 50.8 Å². The number of nitrogens with zero attached hydrogens (tertiary/aromatic N) is 1.